The number of aryl methyl sites for hydroxylation is 1. The predicted octanol–water partition coefficient (Wildman–Crippen LogP) is 2.92. The van der Waals surface area contributed by atoms with Gasteiger partial charge in [-0.05, 0) is 24.8 Å². The molecule has 2 rings (SSSR count). The van der Waals surface area contributed by atoms with Crippen molar-refractivity contribution in [1.29, 1.82) is 0 Å². The fourth-order valence-corrected chi connectivity index (χ4v) is 1.82. The molecule has 0 saturated heterocycles. The second-order valence-corrected chi connectivity index (χ2v) is 4.30. The molecule has 3 N–H and O–H groups in total. The van der Waals surface area contributed by atoms with Gasteiger partial charge in [0.05, 0.1) is 0 Å². The van der Waals surface area contributed by atoms with E-state index >= 15 is 0 Å². The van der Waals surface area contributed by atoms with Gasteiger partial charge in [-0.1, -0.05) is 31.0 Å². The van der Waals surface area contributed by atoms with Gasteiger partial charge in [0.25, 0.3) is 0 Å². The molecule has 1 saturated carbocycles. The minimum atomic E-state index is 0. The lowest BCUT2D eigenvalue weighted by atomic mass is 9.99. The highest BCUT2D eigenvalue weighted by Crippen LogP contribution is 2.38. The molecular weight excluding hydrogens is 210 g/mol. The largest absolute Gasteiger partial charge is 0.507 e. The summed E-state index contributed by atoms with van der Waals surface area (Å²) in [5, 5.41) is 9.82. The van der Waals surface area contributed by atoms with E-state index in [1.165, 1.54) is 12.8 Å². The van der Waals surface area contributed by atoms with E-state index in [2.05, 4.69) is 0 Å². The summed E-state index contributed by atoms with van der Waals surface area (Å²) >= 11 is 0. The maximum Gasteiger partial charge on any atom is 0.123 e. The van der Waals surface area contributed by atoms with E-state index in [4.69, 9.17) is 5.73 Å². The summed E-state index contributed by atoms with van der Waals surface area (Å²) in [6.07, 6.45) is 3.62. The molecule has 0 aromatic heterocycles. The molecule has 0 aliphatic heterocycles. The van der Waals surface area contributed by atoms with Gasteiger partial charge in [-0.3, -0.25) is 0 Å². The van der Waals surface area contributed by atoms with Crippen LogP contribution < -0.4 is 5.73 Å². The third-order valence-electron chi connectivity index (χ3n) is 2.95. The monoisotopic (exact) mass is 227 g/mol. The van der Waals surface area contributed by atoms with Crippen LogP contribution in [0.4, 0.5) is 0 Å². The Kier molecular flexibility index (Phi) is 4.00. The van der Waals surface area contributed by atoms with Gasteiger partial charge in [0.1, 0.15) is 5.75 Å². The highest BCUT2D eigenvalue weighted by atomic mass is 35.5. The zero-order chi connectivity index (χ0) is 10.1. The highest BCUT2D eigenvalue weighted by Gasteiger charge is 2.25. The van der Waals surface area contributed by atoms with Crippen LogP contribution in [0, 0.1) is 12.8 Å². The second kappa shape index (κ2) is 4.86. The summed E-state index contributed by atoms with van der Waals surface area (Å²) in [5.41, 5.74) is 7.86. The average molecular weight is 228 g/mol. The van der Waals surface area contributed by atoms with Gasteiger partial charge in [0, 0.05) is 11.6 Å². The Bertz CT molecular complexity index is 336. The molecule has 1 aromatic rings. The normalized spacial score (nSPS) is 16.9. The third kappa shape index (κ3) is 2.86. The Morgan fingerprint density at radius 3 is 2.73 bits per heavy atom. The van der Waals surface area contributed by atoms with Crippen LogP contribution >= 0.6 is 12.4 Å². The zero-order valence-corrected chi connectivity index (χ0v) is 9.76. The van der Waals surface area contributed by atoms with Crippen molar-refractivity contribution in [3.05, 3.63) is 29.3 Å². The van der Waals surface area contributed by atoms with Crippen LogP contribution in [-0.2, 0) is 0 Å². The topological polar surface area (TPSA) is 46.2 Å². The van der Waals surface area contributed by atoms with Crippen LogP contribution in [0.25, 0.3) is 0 Å². The number of hydrogen-bond acceptors (Lipinski definition) is 2. The van der Waals surface area contributed by atoms with Crippen molar-refractivity contribution in [2.75, 3.05) is 0 Å². The first-order chi connectivity index (χ1) is 6.68. The van der Waals surface area contributed by atoms with Gasteiger partial charge in [0.15, 0.2) is 0 Å². The number of phenols is 1. The minimum absolute atomic E-state index is 0. The Balaban J connectivity index is 0.00000112. The van der Waals surface area contributed by atoms with Gasteiger partial charge >= 0.3 is 0 Å². The molecule has 84 valence electrons. The first kappa shape index (κ1) is 12.3. The van der Waals surface area contributed by atoms with Crippen molar-refractivity contribution in [1.82, 2.24) is 0 Å². The first-order valence-corrected chi connectivity index (χ1v) is 5.22. The van der Waals surface area contributed by atoms with Crippen LogP contribution in [0.5, 0.6) is 5.75 Å². The molecular formula is C12H18ClNO. The fraction of sp³-hybridized carbons (Fsp3) is 0.500. The molecule has 0 spiro atoms. The summed E-state index contributed by atoms with van der Waals surface area (Å²) in [5.74, 6) is 1.17. The fourth-order valence-electron chi connectivity index (χ4n) is 1.82. The first-order valence-electron chi connectivity index (χ1n) is 5.22. The molecule has 0 unspecified atom stereocenters. The Morgan fingerprint density at radius 1 is 1.47 bits per heavy atom. The van der Waals surface area contributed by atoms with Gasteiger partial charge in [-0.25, -0.2) is 0 Å². The molecule has 2 nitrogen and oxygen atoms in total. The van der Waals surface area contributed by atoms with Crippen molar-refractivity contribution >= 4 is 12.4 Å². The van der Waals surface area contributed by atoms with Crippen LogP contribution in [0.2, 0.25) is 0 Å². The van der Waals surface area contributed by atoms with E-state index in [1.807, 2.05) is 25.1 Å². The van der Waals surface area contributed by atoms with E-state index in [1.54, 1.807) is 0 Å². The minimum Gasteiger partial charge on any atom is -0.507 e. The summed E-state index contributed by atoms with van der Waals surface area (Å²) < 4.78 is 0. The van der Waals surface area contributed by atoms with Crippen molar-refractivity contribution < 1.29 is 5.11 Å². The number of nitrogens with two attached hydrogens (primary N) is 1. The van der Waals surface area contributed by atoms with Gasteiger partial charge in [-0.15, -0.1) is 12.4 Å². The number of hydrogen-bond donors (Lipinski definition) is 2. The third-order valence-corrected chi connectivity index (χ3v) is 2.95. The number of phenolic OH excluding ortho intramolecular Hbond substituents is 1. The number of para-hydroxylation sites is 1. The van der Waals surface area contributed by atoms with Gasteiger partial charge < -0.3 is 10.8 Å². The molecule has 1 aliphatic carbocycles. The number of halogens is 1. The average Bonchev–Trinajstić information content (AvgIpc) is 2.93. The van der Waals surface area contributed by atoms with Crippen molar-refractivity contribution in [2.24, 2.45) is 11.7 Å². The molecule has 1 aliphatic rings. The summed E-state index contributed by atoms with van der Waals surface area (Å²) in [4.78, 5) is 0. The molecule has 0 amide bonds. The Morgan fingerprint density at radius 2 is 2.13 bits per heavy atom. The van der Waals surface area contributed by atoms with Crippen LogP contribution in [-0.4, -0.2) is 5.11 Å². The number of rotatable bonds is 3. The van der Waals surface area contributed by atoms with Crippen LogP contribution in [0.1, 0.15) is 36.4 Å². The lowest BCUT2D eigenvalue weighted by molar-refractivity contribution is 0.451. The van der Waals surface area contributed by atoms with Crippen molar-refractivity contribution in [2.45, 2.75) is 32.2 Å². The number of benzene rings is 1. The van der Waals surface area contributed by atoms with E-state index in [0.29, 0.717) is 5.75 Å². The maximum atomic E-state index is 9.82. The molecule has 0 radical (unpaired) electrons. The Labute approximate surface area is 96.9 Å². The maximum absolute atomic E-state index is 9.82. The quantitative estimate of drug-likeness (QED) is 0.834. The SMILES string of the molecule is Cc1cccc([C@@H](N)CC2CC2)c1O.Cl. The van der Waals surface area contributed by atoms with Crippen LogP contribution in [0.3, 0.4) is 0 Å². The molecule has 1 aromatic carbocycles. The summed E-state index contributed by atoms with van der Waals surface area (Å²) in [6, 6.07) is 5.79. The van der Waals surface area contributed by atoms with E-state index < -0.39 is 0 Å². The smallest absolute Gasteiger partial charge is 0.123 e. The van der Waals surface area contributed by atoms with Crippen molar-refractivity contribution in [3.63, 3.8) is 0 Å². The van der Waals surface area contributed by atoms with E-state index in [9.17, 15) is 5.11 Å². The number of aromatic hydroxyl groups is 1. The summed E-state index contributed by atoms with van der Waals surface area (Å²) in [6.45, 7) is 1.91. The van der Waals surface area contributed by atoms with E-state index in [0.717, 1.165) is 23.5 Å². The lowest BCUT2D eigenvalue weighted by Gasteiger charge is -2.14. The molecule has 0 bridgehead atoms. The molecule has 0 heterocycles. The molecule has 1 atom stereocenters. The van der Waals surface area contributed by atoms with Crippen molar-refractivity contribution in [3.8, 4) is 5.75 Å². The summed E-state index contributed by atoms with van der Waals surface area (Å²) in [7, 11) is 0. The predicted molar refractivity (Wildman–Crippen MR) is 64.4 cm³/mol. The Hall–Kier alpha value is -0.730. The molecule has 3 heteroatoms. The highest BCUT2D eigenvalue weighted by molar-refractivity contribution is 5.85. The van der Waals surface area contributed by atoms with Crippen LogP contribution in [0.15, 0.2) is 18.2 Å². The second-order valence-electron chi connectivity index (χ2n) is 4.30. The molecule has 15 heavy (non-hydrogen) atoms. The van der Waals surface area contributed by atoms with Gasteiger partial charge in [-0.2, -0.15) is 0 Å². The standard InChI is InChI=1S/C12H17NO.ClH/c1-8-3-2-4-10(12(8)14)11(13)7-9-5-6-9;/h2-4,9,11,14H,5-7,13H2,1H3;1H/t11-;/m0./s1. The molecule has 1 fully saturated rings. The zero-order valence-electron chi connectivity index (χ0n) is 8.94. The van der Waals surface area contributed by atoms with Gasteiger partial charge in [0.2, 0.25) is 0 Å². The van der Waals surface area contributed by atoms with E-state index in [-0.39, 0.29) is 18.4 Å². The lowest BCUT2D eigenvalue weighted by Crippen LogP contribution is -2.11.